The van der Waals surface area contributed by atoms with E-state index in [1.165, 1.54) is 0 Å². The Hall–Kier alpha value is -3.23. The van der Waals surface area contributed by atoms with Crippen molar-refractivity contribution in [2.24, 2.45) is 0 Å². The number of phenolic OH excluding ortho intramolecular Hbond substituents is 1. The zero-order chi connectivity index (χ0) is 30.5. The van der Waals surface area contributed by atoms with Crippen LogP contribution in [0.25, 0.3) is 22.2 Å². The van der Waals surface area contributed by atoms with Crippen LogP contribution in [0.2, 0.25) is 5.02 Å². The van der Waals surface area contributed by atoms with Crippen molar-refractivity contribution in [3.05, 3.63) is 28.5 Å². The third-order valence-corrected chi connectivity index (χ3v) is 10.1. The largest absolute Gasteiger partial charge is 0.508 e. The van der Waals surface area contributed by atoms with Crippen molar-refractivity contribution in [1.82, 2.24) is 25.2 Å². The Balaban J connectivity index is 1.31. The minimum Gasteiger partial charge on any atom is -0.508 e. The molecule has 8 rings (SSSR count). The summed E-state index contributed by atoms with van der Waals surface area (Å²) < 4.78 is 85.8. The van der Waals surface area contributed by atoms with Crippen LogP contribution in [-0.2, 0) is 6.18 Å². The van der Waals surface area contributed by atoms with E-state index in [1.807, 2.05) is 4.90 Å². The van der Waals surface area contributed by atoms with E-state index in [-0.39, 0.29) is 54.1 Å². The van der Waals surface area contributed by atoms with Gasteiger partial charge < -0.3 is 24.8 Å². The number of anilines is 1. The number of piperazine rings is 1. The summed E-state index contributed by atoms with van der Waals surface area (Å²) in [6.45, 7) is 1.80. The van der Waals surface area contributed by atoms with E-state index in [1.54, 1.807) is 0 Å². The van der Waals surface area contributed by atoms with Gasteiger partial charge in [-0.1, -0.05) is 11.6 Å². The first-order valence-electron chi connectivity index (χ1n) is 14.7. The average molecular weight is 639 g/mol. The Bertz CT molecular complexity index is 1680. The molecule has 2 bridgehead atoms. The Morgan fingerprint density at radius 3 is 2.84 bits per heavy atom. The highest BCUT2D eigenvalue weighted by Crippen LogP contribution is 2.48. The fraction of sp³-hybridized carbons (Fsp3) is 0.552. The predicted octanol–water partition coefficient (Wildman–Crippen LogP) is 4.87. The average Bonchev–Trinajstić information content (AvgIpc) is 3.59. The number of aromatic hydroxyl groups is 1. The van der Waals surface area contributed by atoms with Crippen molar-refractivity contribution >= 4 is 28.3 Å². The van der Waals surface area contributed by atoms with E-state index in [0.717, 1.165) is 44.4 Å². The number of pyridine rings is 1. The summed E-state index contributed by atoms with van der Waals surface area (Å²) >= 11 is 5.93. The summed E-state index contributed by atoms with van der Waals surface area (Å²) in [5.74, 6) is -1.58. The van der Waals surface area contributed by atoms with Crippen molar-refractivity contribution in [2.45, 2.75) is 68.1 Å². The number of benzene rings is 1. The number of alkyl halides is 4. The lowest BCUT2D eigenvalue weighted by molar-refractivity contribution is -0.137. The topological polar surface area (TPSA) is 95.9 Å². The Labute approximate surface area is 253 Å². The fourth-order valence-electron chi connectivity index (χ4n) is 7.88. The maximum Gasteiger partial charge on any atom is 0.418 e. The molecule has 0 saturated carbocycles. The molecule has 0 spiro atoms. The highest BCUT2D eigenvalue weighted by molar-refractivity contribution is 6.32. The van der Waals surface area contributed by atoms with E-state index in [4.69, 9.17) is 26.1 Å². The Morgan fingerprint density at radius 2 is 2.02 bits per heavy atom. The molecule has 4 saturated heterocycles. The van der Waals surface area contributed by atoms with Gasteiger partial charge in [-0.3, -0.25) is 4.90 Å². The van der Waals surface area contributed by atoms with Crippen molar-refractivity contribution in [3.63, 3.8) is 0 Å². The van der Waals surface area contributed by atoms with E-state index in [2.05, 4.69) is 20.2 Å². The summed E-state index contributed by atoms with van der Waals surface area (Å²) in [5, 5.41) is 13.0. The molecule has 3 aromatic rings. The van der Waals surface area contributed by atoms with Crippen LogP contribution in [0.4, 0.5) is 27.8 Å². The summed E-state index contributed by atoms with van der Waals surface area (Å²) in [5.41, 5.74) is -3.70. The van der Waals surface area contributed by atoms with Gasteiger partial charge in [0.15, 0.2) is 5.82 Å². The lowest BCUT2D eigenvalue weighted by Crippen LogP contribution is -2.60. The molecular weight excluding hydrogens is 611 g/mol. The maximum absolute atomic E-state index is 16.6. The van der Waals surface area contributed by atoms with E-state index < -0.39 is 51.3 Å². The molecule has 5 unspecified atom stereocenters. The molecule has 15 heteroatoms. The zero-order valence-electron chi connectivity index (χ0n) is 23.3. The summed E-state index contributed by atoms with van der Waals surface area (Å²) in [4.78, 5) is 17.4. The number of phenols is 1. The van der Waals surface area contributed by atoms with Gasteiger partial charge in [0.05, 0.1) is 22.2 Å². The number of rotatable bonds is 4. The van der Waals surface area contributed by atoms with Crippen LogP contribution in [-0.4, -0.2) is 87.6 Å². The van der Waals surface area contributed by atoms with Crippen molar-refractivity contribution in [2.75, 3.05) is 37.7 Å². The van der Waals surface area contributed by atoms with Gasteiger partial charge in [-0.15, -0.1) is 0 Å². The van der Waals surface area contributed by atoms with Gasteiger partial charge in [-0.05, 0) is 44.4 Å². The van der Waals surface area contributed by atoms with Gasteiger partial charge in [0.1, 0.15) is 47.5 Å². The van der Waals surface area contributed by atoms with Crippen LogP contribution < -0.4 is 19.7 Å². The van der Waals surface area contributed by atoms with Gasteiger partial charge in [-0.2, -0.15) is 23.1 Å². The summed E-state index contributed by atoms with van der Waals surface area (Å²) in [7, 11) is 0. The third-order valence-electron chi connectivity index (χ3n) is 9.78. The number of hydrogen-bond donors (Lipinski definition) is 2. The molecule has 0 radical (unpaired) electrons. The quantitative estimate of drug-likeness (QED) is 0.388. The molecule has 5 aliphatic rings. The smallest absolute Gasteiger partial charge is 0.418 e. The van der Waals surface area contributed by atoms with Crippen LogP contribution in [0.5, 0.6) is 17.6 Å². The van der Waals surface area contributed by atoms with Crippen molar-refractivity contribution < 1.29 is 36.5 Å². The van der Waals surface area contributed by atoms with E-state index in [9.17, 15) is 22.7 Å². The highest BCUT2D eigenvalue weighted by atomic mass is 35.5. The summed E-state index contributed by atoms with van der Waals surface area (Å²) in [6.07, 6.45) is -2.22. The second-order valence-corrected chi connectivity index (χ2v) is 12.8. The van der Waals surface area contributed by atoms with Gasteiger partial charge in [0, 0.05) is 37.2 Å². The number of aromatic nitrogens is 3. The van der Waals surface area contributed by atoms with Gasteiger partial charge in [0.25, 0.3) is 0 Å². The molecule has 9 nitrogen and oxygen atoms in total. The van der Waals surface area contributed by atoms with Gasteiger partial charge in [0.2, 0.25) is 5.88 Å². The summed E-state index contributed by atoms with van der Waals surface area (Å²) in [6, 6.07) is 1.33. The molecule has 5 aliphatic heterocycles. The van der Waals surface area contributed by atoms with Crippen LogP contribution in [0.1, 0.15) is 37.7 Å². The van der Waals surface area contributed by atoms with Crippen LogP contribution in [0.3, 0.4) is 0 Å². The maximum atomic E-state index is 16.6. The number of nitrogens with zero attached hydrogens (tertiary/aromatic N) is 5. The molecule has 44 heavy (non-hydrogen) atoms. The molecule has 234 valence electrons. The SMILES string of the molecule is Oc1cc(Cl)c(C(F)(F)F)c(-c2nc3c4c(nc(OCC56CCCN5CC(F)C6)nc4c2F)N2CC4CCC(N4)C2CO3)c1. The molecular formula is C29H28ClF5N6O3. The molecule has 0 amide bonds. The second-order valence-electron chi connectivity index (χ2n) is 12.4. The molecule has 4 fully saturated rings. The number of nitrogens with one attached hydrogen (secondary N) is 1. The first-order valence-corrected chi connectivity index (χ1v) is 15.1. The first-order chi connectivity index (χ1) is 21.0. The van der Waals surface area contributed by atoms with Crippen LogP contribution in [0, 0.1) is 5.82 Å². The normalized spacial score (nSPS) is 29.5. The van der Waals surface area contributed by atoms with Gasteiger partial charge >= 0.3 is 12.2 Å². The fourth-order valence-corrected chi connectivity index (χ4v) is 8.20. The number of fused-ring (bicyclic) bond motifs is 6. The van der Waals surface area contributed by atoms with Crippen LogP contribution in [0.15, 0.2) is 12.1 Å². The minimum atomic E-state index is -4.99. The van der Waals surface area contributed by atoms with E-state index >= 15 is 4.39 Å². The zero-order valence-corrected chi connectivity index (χ0v) is 24.1. The molecule has 2 aromatic heterocycles. The number of halogens is 6. The molecule has 1 aromatic carbocycles. The van der Waals surface area contributed by atoms with Crippen molar-refractivity contribution in [3.8, 4) is 28.9 Å². The van der Waals surface area contributed by atoms with Crippen LogP contribution >= 0.6 is 11.6 Å². The number of hydrogen-bond acceptors (Lipinski definition) is 9. The highest BCUT2D eigenvalue weighted by Gasteiger charge is 2.50. The Kier molecular flexibility index (Phi) is 6.35. The van der Waals surface area contributed by atoms with Gasteiger partial charge in [-0.25, -0.2) is 13.8 Å². The van der Waals surface area contributed by atoms with E-state index in [0.29, 0.717) is 25.3 Å². The molecule has 7 heterocycles. The monoisotopic (exact) mass is 638 g/mol. The standard InChI is InChI=1S/C29H28ClF5N6O3/c30-17-7-15(42)6-16(21(17)29(33,34)35)23-22(32)24-20-25(41-10-14-2-3-18(36-14)19(41)11-43-26(20)37-23)39-27(38-24)44-12-28-4-1-5-40(28)9-13(31)8-28/h6-7,13-14,18-19,36,42H,1-5,8-12H2. The molecule has 2 N–H and O–H groups in total. The molecule has 0 aliphatic carbocycles. The number of ether oxygens (including phenoxy) is 2. The predicted molar refractivity (Wildman–Crippen MR) is 150 cm³/mol. The van der Waals surface area contributed by atoms with Crippen molar-refractivity contribution in [1.29, 1.82) is 0 Å². The minimum absolute atomic E-state index is 0.0504. The third kappa shape index (κ3) is 4.35. The molecule has 5 atom stereocenters. The second kappa shape index (κ2) is 9.88. The Morgan fingerprint density at radius 1 is 1.18 bits per heavy atom. The lowest BCUT2D eigenvalue weighted by atomic mass is 9.95. The first kappa shape index (κ1) is 28.3. The lowest BCUT2D eigenvalue weighted by Gasteiger charge is -2.40.